The van der Waals surface area contributed by atoms with Crippen molar-refractivity contribution in [2.24, 2.45) is 0 Å². The number of hydrogen-bond donors (Lipinski definition) is 0. The third-order valence-electron chi connectivity index (χ3n) is 5.24. The molecule has 2 heterocycles. The van der Waals surface area contributed by atoms with Crippen molar-refractivity contribution in [1.29, 1.82) is 0 Å². The maximum atomic E-state index is 12.6. The van der Waals surface area contributed by atoms with E-state index in [0.29, 0.717) is 11.4 Å². The van der Waals surface area contributed by atoms with Gasteiger partial charge in [0.1, 0.15) is 5.82 Å². The van der Waals surface area contributed by atoms with E-state index >= 15 is 0 Å². The number of pyridine rings is 1. The molecule has 0 saturated carbocycles. The first kappa shape index (κ1) is 18.6. The summed E-state index contributed by atoms with van der Waals surface area (Å²) in [5.41, 5.74) is 1.58. The lowest BCUT2D eigenvalue weighted by molar-refractivity contribution is 0.00578. The fourth-order valence-electron chi connectivity index (χ4n) is 2.92. The molecule has 136 valence electrons. The SMILES string of the molecule is Cc1cc(B2OC(C)(C)C(C)(C)O2)cnc1N(C)C(=O)c1ccccc1. The van der Waals surface area contributed by atoms with Crippen LogP contribution in [0.5, 0.6) is 0 Å². The summed E-state index contributed by atoms with van der Waals surface area (Å²) < 4.78 is 12.2. The van der Waals surface area contributed by atoms with Gasteiger partial charge in [-0.2, -0.15) is 0 Å². The summed E-state index contributed by atoms with van der Waals surface area (Å²) in [6, 6.07) is 11.2. The molecule has 0 radical (unpaired) electrons. The molecule has 0 spiro atoms. The van der Waals surface area contributed by atoms with Crippen LogP contribution in [0.4, 0.5) is 5.82 Å². The van der Waals surface area contributed by atoms with E-state index in [-0.39, 0.29) is 5.91 Å². The van der Waals surface area contributed by atoms with Crippen molar-refractivity contribution in [3.8, 4) is 0 Å². The number of aryl methyl sites for hydroxylation is 1. The normalized spacial score (nSPS) is 18.0. The van der Waals surface area contributed by atoms with E-state index in [1.807, 2.05) is 58.9 Å². The van der Waals surface area contributed by atoms with E-state index < -0.39 is 18.3 Å². The number of carbonyl (C=O) groups excluding carboxylic acids is 1. The van der Waals surface area contributed by atoms with Crippen LogP contribution in [0.15, 0.2) is 42.6 Å². The highest BCUT2D eigenvalue weighted by Gasteiger charge is 2.51. The number of aromatic nitrogens is 1. The van der Waals surface area contributed by atoms with Crippen LogP contribution in [0.2, 0.25) is 0 Å². The molecule has 1 saturated heterocycles. The summed E-state index contributed by atoms with van der Waals surface area (Å²) in [4.78, 5) is 18.7. The molecule has 0 N–H and O–H groups in total. The Kier molecular flexibility index (Phi) is 4.67. The van der Waals surface area contributed by atoms with Gasteiger partial charge in [0.25, 0.3) is 5.91 Å². The molecular weight excluding hydrogens is 327 g/mol. The van der Waals surface area contributed by atoms with E-state index in [9.17, 15) is 4.79 Å². The highest BCUT2D eigenvalue weighted by atomic mass is 16.7. The lowest BCUT2D eigenvalue weighted by Gasteiger charge is -2.32. The van der Waals surface area contributed by atoms with Gasteiger partial charge in [-0.15, -0.1) is 0 Å². The Morgan fingerprint density at radius 1 is 1.08 bits per heavy atom. The van der Waals surface area contributed by atoms with Crippen LogP contribution in [0.3, 0.4) is 0 Å². The van der Waals surface area contributed by atoms with Crippen LogP contribution < -0.4 is 10.4 Å². The van der Waals surface area contributed by atoms with Gasteiger partial charge in [0.15, 0.2) is 0 Å². The van der Waals surface area contributed by atoms with Gasteiger partial charge in [-0.25, -0.2) is 4.98 Å². The predicted octanol–water partition coefficient (Wildman–Crippen LogP) is 2.97. The molecule has 0 unspecified atom stereocenters. The van der Waals surface area contributed by atoms with E-state index in [1.54, 1.807) is 30.3 Å². The van der Waals surface area contributed by atoms with Crippen molar-refractivity contribution >= 4 is 24.3 Å². The highest BCUT2D eigenvalue weighted by molar-refractivity contribution is 6.62. The lowest BCUT2D eigenvalue weighted by Crippen LogP contribution is -2.41. The molecular formula is C20H25BN2O3. The zero-order valence-electron chi connectivity index (χ0n) is 16.2. The van der Waals surface area contributed by atoms with Crippen molar-refractivity contribution < 1.29 is 14.1 Å². The monoisotopic (exact) mass is 352 g/mol. The van der Waals surface area contributed by atoms with E-state index in [4.69, 9.17) is 9.31 Å². The van der Waals surface area contributed by atoms with E-state index in [2.05, 4.69) is 4.98 Å². The van der Waals surface area contributed by atoms with Crippen LogP contribution >= 0.6 is 0 Å². The predicted molar refractivity (Wildman–Crippen MR) is 104 cm³/mol. The number of nitrogens with zero attached hydrogens (tertiary/aromatic N) is 2. The van der Waals surface area contributed by atoms with Crippen LogP contribution in [0, 0.1) is 6.92 Å². The van der Waals surface area contributed by atoms with Crippen LogP contribution in [-0.2, 0) is 9.31 Å². The Morgan fingerprint density at radius 2 is 1.65 bits per heavy atom. The largest absolute Gasteiger partial charge is 0.496 e. The van der Waals surface area contributed by atoms with Crippen LogP contribution in [0.1, 0.15) is 43.6 Å². The minimum Gasteiger partial charge on any atom is -0.399 e. The minimum absolute atomic E-state index is 0.0930. The number of benzene rings is 1. The van der Waals surface area contributed by atoms with Crippen molar-refractivity contribution in [1.82, 2.24) is 4.98 Å². The Balaban J connectivity index is 1.84. The quantitative estimate of drug-likeness (QED) is 0.797. The number of amides is 1. The summed E-state index contributed by atoms with van der Waals surface area (Å²) in [5, 5.41) is 0. The molecule has 1 aromatic carbocycles. The van der Waals surface area contributed by atoms with Crippen molar-refractivity contribution in [3.63, 3.8) is 0 Å². The topological polar surface area (TPSA) is 51.7 Å². The first-order valence-corrected chi connectivity index (χ1v) is 8.78. The second-order valence-corrected chi connectivity index (χ2v) is 7.73. The van der Waals surface area contributed by atoms with E-state index in [1.165, 1.54) is 0 Å². The lowest BCUT2D eigenvalue weighted by atomic mass is 9.79. The average Bonchev–Trinajstić information content (AvgIpc) is 2.82. The number of rotatable bonds is 3. The highest BCUT2D eigenvalue weighted by Crippen LogP contribution is 2.36. The summed E-state index contributed by atoms with van der Waals surface area (Å²) in [6.45, 7) is 10.0. The molecule has 5 nitrogen and oxygen atoms in total. The van der Waals surface area contributed by atoms with Gasteiger partial charge in [0.2, 0.25) is 0 Å². The molecule has 6 heteroatoms. The molecule has 3 rings (SSSR count). The molecule has 1 aliphatic heterocycles. The molecule has 0 aliphatic carbocycles. The standard InChI is InChI=1S/C20H25BN2O3/c1-14-12-16(21-25-19(2,3)20(4,5)26-21)13-22-17(14)23(6)18(24)15-10-8-7-9-11-15/h7-13H,1-6H3. The molecule has 26 heavy (non-hydrogen) atoms. The maximum absolute atomic E-state index is 12.6. The molecule has 2 aromatic rings. The molecule has 1 aromatic heterocycles. The minimum atomic E-state index is -0.463. The van der Waals surface area contributed by atoms with Gasteiger partial charge in [-0.1, -0.05) is 24.3 Å². The number of hydrogen-bond acceptors (Lipinski definition) is 4. The zero-order chi connectivity index (χ0) is 19.1. The maximum Gasteiger partial charge on any atom is 0.496 e. The fourth-order valence-corrected chi connectivity index (χ4v) is 2.92. The second kappa shape index (κ2) is 6.52. The Hall–Kier alpha value is -2.18. The number of anilines is 1. The third-order valence-corrected chi connectivity index (χ3v) is 5.24. The van der Waals surface area contributed by atoms with Gasteiger partial charge < -0.3 is 9.31 Å². The van der Waals surface area contributed by atoms with Gasteiger partial charge in [-0.3, -0.25) is 9.69 Å². The van der Waals surface area contributed by atoms with Crippen molar-refractivity contribution in [2.75, 3.05) is 11.9 Å². The molecule has 0 atom stereocenters. The molecule has 1 amide bonds. The Bertz CT molecular complexity index is 805. The second-order valence-electron chi connectivity index (χ2n) is 7.73. The fraction of sp³-hybridized carbons (Fsp3) is 0.400. The average molecular weight is 352 g/mol. The van der Waals surface area contributed by atoms with Crippen molar-refractivity contribution in [3.05, 3.63) is 53.7 Å². The number of carbonyl (C=O) groups is 1. The summed E-state index contributed by atoms with van der Waals surface area (Å²) in [7, 11) is 1.27. The first-order valence-electron chi connectivity index (χ1n) is 8.78. The molecule has 0 bridgehead atoms. The summed E-state index contributed by atoms with van der Waals surface area (Å²) in [6.07, 6.45) is 1.72. The van der Waals surface area contributed by atoms with Crippen LogP contribution in [-0.4, -0.2) is 36.3 Å². The first-order chi connectivity index (χ1) is 12.1. The summed E-state index contributed by atoms with van der Waals surface area (Å²) >= 11 is 0. The smallest absolute Gasteiger partial charge is 0.399 e. The zero-order valence-corrected chi connectivity index (χ0v) is 16.2. The summed E-state index contributed by atoms with van der Waals surface area (Å²) in [5.74, 6) is 0.531. The van der Waals surface area contributed by atoms with Gasteiger partial charge >= 0.3 is 7.12 Å². The third kappa shape index (κ3) is 3.27. The van der Waals surface area contributed by atoms with Gasteiger partial charge in [0.05, 0.1) is 11.2 Å². The molecule has 1 fully saturated rings. The van der Waals surface area contributed by atoms with Crippen molar-refractivity contribution in [2.45, 2.75) is 45.8 Å². The Labute approximate surface area is 155 Å². The van der Waals surface area contributed by atoms with E-state index in [0.717, 1.165) is 11.0 Å². The Morgan fingerprint density at radius 3 is 2.19 bits per heavy atom. The van der Waals surface area contributed by atoms with Gasteiger partial charge in [0, 0.05) is 24.3 Å². The van der Waals surface area contributed by atoms with Gasteiger partial charge in [-0.05, 0) is 52.3 Å². The molecule has 1 aliphatic rings. The van der Waals surface area contributed by atoms with Crippen LogP contribution in [0.25, 0.3) is 0 Å².